The molecule has 2 fully saturated rings. The van der Waals surface area contributed by atoms with Crippen LogP contribution < -0.4 is 4.74 Å². The maximum atomic E-state index is 13.1. The third-order valence-corrected chi connectivity index (χ3v) is 4.94. The molecule has 2 aliphatic rings. The lowest BCUT2D eigenvalue weighted by molar-refractivity contribution is -0.145. The minimum Gasteiger partial charge on any atom is -0.493 e. The van der Waals surface area contributed by atoms with Crippen LogP contribution in [0, 0.1) is 11.8 Å². The third kappa shape index (κ3) is 3.61. The maximum absolute atomic E-state index is 13.1. The molecule has 0 radical (unpaired) electrons. The van der Waals surface area contributed by atoms with E-state index < -0.39 is 5.92 Å². The molecule has 2 amide bonds. The molecule has 144 valence electrons. The second-order valence-corrected chi connectivity index (χ2v) is 6.55. The van der Waals surface area contributed by atoms with E-state index in [1.54, 1.807) is 31.2 Å². The fraction of sp³-hybridized carbons (Fsp3) is 0.474. The Hall–Kier alpha value is -2.27. The first-order valence-corrected chi connectivity index (χ1v) is 9.20. The quantitative estimate of drug-likeness (QED) is 0.577. The second kappa shape index (κ2) is 8.17. The van der Waals surface area contributed by atoms with Crippen LogP contribution in [0.25, 0.3) is 0 Å². The van der Waals surface area contributed by atoms with Crippen LogP contribution in [0.15, 0.2) is 12.1 Å². The van der Waals surface area contributed by atoms with Gasteiger partial charge in [-0.25, -0.2) is 10.0 Å². The number of nitrogens with zero attached hydrogens (tertiary/aromatic N) is 3. The van der Waals surface area contributed by atoms with Crippen molar-refractivity contribution < 1.29 is 19.2 Å². The number of amides is 2. The first-order valence-electron chi connectivity index (χ1n) is 8.82. The molecule has 0 spiro atoms. The van der Waals surface area contributed by atoms with E-state index in [0.717, 1.165) is 0 Å². The molecule has 3 rings (SSSR count). The lowest BCUT2D eigenvalue weighted by Gasteiger charge is -2.23. The molecular formula is C19H22ClN3O4. The van der Waals surface area contributed by atoms with Crippen LogP contribution in [0.4, 0.5) is 0 Å². The van der Waals surface area contributed by atoms with Crippen LogP contribution in [0.2, 0.25) is 5.02 Å². The Bertz CT molecular complexity index is 791. The van der Waals surface area contributed by atoms with Crippen molar-refractivity contribution in [3.8, 4) is 17.6 Å². The van der Waals surface area contributed by atoms with Gasteiger partial charge < -0.3 is 9.57 Å². The average molecular weight is 392 g/mol. The first-order chi connectivity index (χ1) is 13.0. The summed E-state index contributed by atoms with van der Waals surface area (Å²) in [5, 5.41) is 5.00. The molecule has 7 nitrogen and oxygen atoms in total. The summed E-state index contributed by atoms with van der Waals surface area (Å²) in [5.41, 5.74) is 1.09. The molecule has 0 saturated carbocycles. The minimum absolute atomic E-state index is 0.296. The zero-order valence-electron chi connectivity index (χ0n) is 15.6. The number of halogens is 1. The van der Waals surface area contributed by atoms with Crippen LogP contribution in [0.1, 0.15) is 30.9 Å². The Balaban J connectivity index is 2.00. The molecule has 1 aromatic carbocycles. The van der Waals surface area contributed by atoms with Gasteiger partial charge in [0.15, 0.2) is 5.92 Å². The summed E-state index contributed by atoms with van der Waals surface area (Å²) in [4.78, 5) is 31.4. The van der Waals surface area contributed by atoms with E-state index in [2.05, 4.69) is 11.8 Å². The Morgan fingerprint density at radius 3 is 2.30 bits per heavy atom. The first kappa shape index (κ1) is 19.5. The molecule has 0 N–H and O–H groups in total. The topological polar surface area (TPSA) is 62.3 Å². The van der Waals surface area contributed by atoms with Crippen molar-refractivity contribution in [1.29, 1.82) is 0 Å². The normalized spacial score (nSPS) is 18.2. The van der Waals surface area contributed by atoms with Gasteiger partial charge in [-0.05, 0) is 26.0 Å². The molecule has 2 heterocycles. The number of rotatable bonds is 4. The van der Waals surface area contributed by atoms with Gasteiger partial charge in [0.05, 0.1) is 31.8 Å². The number of hydrogen-bond acceptors (Lipinski definition) is 5. The average Bonchev–Trinajstić information content (AvgIpc) is 2.79. The number of ether oxygens (including phenoxy) is 1. The van der Waals surface area contributed by atoms with Gasteiger partial charge in [0, 0.05) is 24.2 Å². The van der Waals surface area contributed by atoms with Gasteiger partial charge in [0.25, 0.3) is 11.8 Å². The highest BCUT2D eigenvalue weighted by Gasteiger charge is 2.49. The van der Waals surface area contributed by atoms with E-state index in [4.69, 9.17) is 21.2 Å². The maximum Gasteiger partial charge on any atom is 0.258 e. The molecule has 0 unspecified atom stereocenters. The lowest BCUT2D eigenvalue weighted by atomic mass is 9.95. The third-order valence-electron chi connectivity index (χ3n) is 4.62. The van der Waals surface area contributed by atoms with Crippen LogP contribution in [0.5, 0.6) is 5.75 Å². The fourth-order valence-electron chi connectivity index (χ4n) is 3.42. The fourth-order valence-corrected chi connectivity index (χ4v) is 3.74. The molecule has 0 aromatic heterocycles. The Kier molecular flexibility index (Phi) is 5.90. The summed E-state index contributed by atoms with van der Waals surface area (Å²) in [6.07, 6.45) is 0. The minimum atomic E-state index is -1.00. The number of hydrogen-bond donors (Lipinski definition) is 0. The number of benzene rings is 1. The number of carbonyl (C=O) groups is 2. The smallest absolute Gasteiger partial charge is 0.258 e. The largest absolute Gasteiger partial charge is 0.493 e. The van der Waals surface area contributed by atoms with Gasteiger partial charge in [0.2, 0.25) is 0 Å². The van der Waals surface area contributed by atoms with Crippen molar-refractivity contribution in [2.45, 2.75) is 19.8 Å². The highest BCUT2D eigenvalue weighted by atomic mass is 35.5. The van der Waals surface area contributed by atoms with Gasteiger partial charge in [-0.2, -0.15) is 5.06 Å². The second-order valence-electron chi connectivity index (χ2n) is 6.15. The Morgan fingerprint density at radius 2 is 1.78 bits per heavy atom. The number of fused-ring (bicyclic) bond motifs is 1. The van der Waals surface area contributed by atoms with Crippen molar-refractivity contribution in [3.05, 3.63) is 28.3 Å². The molecule has 1 aromatic rings. The van der Waals surface area contributed by atoms with Gasteiger partial charge >= 0.3 is 0 Å². The molecule has 8 heteroatoms. The van der Waals surface area contributed by atoms with Gasteiger partial charge in [-0.1, -0.05) is 17.5 Å². The molecule has 0 aliphatic carbocycles. The van der Waals surface area contributed by atoms with Crippen molar-refractivity contribution in [2.24, 2.45) is 0 Å². The number of carbonyl (C=O) groups excluding carboxylic acids is 2. The molecule has 0 atom stereocenters. The van der Waals surface area contributed by atoms with Crippen molar-refractivity contribution in [3.63, 3.8) is 0 Å². The monoisotopic (exact) mass is 391 g/mol. The van der Waals surface area contributed by atoms with Crippen molar-refractivity contribution in [1.82, 2.24) is 15.1 Å². The van der Waals surface area contributed by atoms with E-state index in [1.165, 1.54) is 10.0 Å². The van der Waals surface area contributed by atoms with Crippen molar-refractivity contribution in [2.75, 3.05) is 39.9 Å². The number of hydrazine groups is 1. The highest BCUT2D eigenvalue weighted by Crippen LogP contribution is 2.40. The van der Waals surface area contributed by atoms with Crippen LogP contribution in [-0.2, 0) is 14.4 Å². The van der Waals surface area contributed by atoms with Crippen molar-refractivity contribution >= 4 is 23.4 Å². The van der Waals surface area contributed by atoms with Crippen LogP contribution >= 0.6 is 11.6 Å². The zero-order valence-corrected chi connectivity index (χ0v) is 16.4. The van der Waals surface area contributed by atoms with E-state index in [9.17, 15) is 9.59 Å². The van der Waals surface area contributed by atoms with E-state index in [-0.39, 0.29) is 11.8 Å². The predicted octanol–water partition coefficient (Wildman–Crippen LogP) is 1.66. The molecule has 2 saturated heterocycles. The lowest BCUT2D eigenvalue weighted by Crippen LogP contribution is -2.41. The molecule has 27 heavy (non-hydrogen) atoms. The summed E-state index contributed by atoms with van der Waals surface area (Å²) < 4.78 is 5.70. The van der Waals surface area contributed by atoms with E-state index >= 15 is 0 Å². The summed E-state index contributed by atoms with van der Waals surface area (Å²) in [6, 6.07) is 3.40. The molecule has 0 bridgehead atoms. The summed E-state index contributed by atoms with van der Waals surface area (Å²) in [7, 11) is 1.58. The highest BCUT2D eigenvalue weighted by molar-refractivity contribution is 6.32. The SMILES string of the molecule is CC#Cc1cc(Cl)c(C2C(=O)N3CCN(OC)CCN3C2=O)c(OCC)c1. The summed E-state index contributed by atoms with van der Waals surface area (Å²) in [5.74, 6) is 4.57. The van der Waals surface area contributed by atoms with E-state index in [0.29, 0.717) is 54.7 Å². The zero-order chi connectivity index (χ0) is 19.6. The Labute approximate surface area is 163 Å². The van der Waals surface area contributed by atoms with Crippen LogP contribution in [0.3, 0.4) is 0 Å². The standard InChI is InChI=1S/C19H22ClN3O4/c1-4-6-13-11-14(20)16(15(12-13)27-5-2)17-18(24)22-9-7-21(26-3)8-10-23(22)19(17)25/h11-12,17H,5,7-10H2,1-3H3. The Morgan fingerprint density at radius 1 is 1.15 bits per heavy atom. The molecular weight excluding hydrogens is 370 g/mol. The van der Waals surface area contributed by atoms with Crippen LogP contribution in [-0.4, -0.2) is 66.8 Å². The summed E-state index contributed by atoms with van der Waals surface area (Å²) in [6.45, 7) is 5.74. The van der Waals surface area contributed by atoms with Gasteiger partial charge in [-0.15, -0.1) is 5.92 Å². The summed E-state index contributed by atoms with van der Waals surface area (Å²) >= 11 is 6.47. The van der Waals surface area contributed by atoms with E-state index in [1.807, 2.05) is 6.92 Å². The van der Waals surface area contributed by atoms with Gasteiger partial charge in [0.1, 0.15) is 5.75 Å². The number of hydroxylamine groups is 2. The predicted molar refractivity (Wildman–Crippen MR) is 99.9 cm³/mol. The van der Waals surface area contributed by atoms with Gasteiger partial charge in [-0.3, -0.25) is 9.59 Å². The molecule has 2 aliphatic heterocycles.